The molecular weight excluding hydrogens is 272 g/mol. The van der Waals surface area contributed by atoms with Gasteiger partial charge < -0.3 is 14.8 Å². The topological polar surface area (TPSA) is 82.8 Å². The van der Waals surface area contributed by atoms with Crippen LogP contribution in [-0.4, -0.2) is 25.3 Å². The van der Waals surface area contributed by atoms with Gasteiger partial charge in [0.15, 0.2) is 0 Å². The number of nitrogens with two attached hydrogens (primary N) is 1. The van der Waals surface area contributed by atoms with Crippen molar-refractivity contribution in [3.05, 3.63) is 29.8 Å². The highest BCUT2D eigenvalue weighted by Gasteiger charge is 2.17. The Morgan fingerprint density at radius 3 is 2.67 bits per heavy atom. The van der Waals surface area contributed by atoms with Crippen molar-refractivity contribution in [2.45, 2.75) is 38.9 Å². The Bertz CT molecular complexity index is 457. The zero-order valence-electron chi connectivity index (χ0n) is 13.0. The van der Waals surface area contributed by atoms with Crippen molar-refractivity contribution in [1.82, 2.24) is 5.32 Å². The largest absolute Gasteiger partial charge is 0.497 e. The van der Waals surface area contributed by atoms with Crippen molar-refractivity contribution in [2.24, 2.45) is 5.90 Å². The molecule has 0 bridgehead atoms. The number of benzene rings is 1. The Morgan fingerprint density at radius 1 is 1.38 bits per heavy atom. The molecule has 0 aromatic heterocycles. The summed E-state index contributed by atoms with van der Waals surface area (Å²) in [5, 5.41) is 2.67. The van der Waals surface area contributed by atoms with Crippen LogP contribution in [0.3, 0.4) is 0 Å². The number of carbonyl (C=O) groups is 1. The second kappa shape index (κ2) is 7.85. The average Bonchev–Trinajstić information content (AvgIpc) is 2.41. The minimum atomic E-state index is -0.513. The van der Waals surface area contributed by atoms with E-state index in [9.17, 15) is 4.79 Å². The van der Waals surface area contributed by atoms with Gasteiger partial charge in [-0.15, -0.1) is 0 Å². The standard InChI is InChI=1S/C15H24N2O4/c1-15(2,3)20-14(18)17-9-8-13(21-16)11-6-5-7-12(10-11)19-4/h5-7,10,13H,8-9,16H2,1-4H3,(H,17,18). The summed E-state index contributed by atoms with van der Waals surface area (Å²) >= 11 is 0. The third kappa shape index (κ3) is 6.46. The molecule has 0 saturated heterocycles. The maximum Gasteiger partial charge on any atom is 0.407 e. The highest BCUT2D eigenvalue weighted by Crippen LogP contribution is 2.23. The molecule has 3 N–H and O–H groups in total. The van der Waals surface area contributed by atoms with E-state index in [0.29, 0.717) is 13.0 Å². The number of methoxy groups -OCH3 is 1. The van der Waals surface area contributed by atoms with Gasteiger partial charge >= 0.3 is 6.09 Å². The molecule has 6 heteroatoms. The second-order valence-corrected chi connectivity index (χ2v) is 5.62. The summed E-state index contributed by atoms with van der Waals surface area (Å²) in [4.78, 5) is 16.5. The van der Waals surface area contributed by atoms with E-state index >= 15 is 0 Å². The maximum atomic E-state index is 11.5. The molecule has 0 aliphatic carbocycles. The van der Waals surface area contributed by atoms with E-state index in [4.69, 9.17) is 20.2 Å². The fourth-order valence-electron chi connectivity index (χ4n) is 1.77. The lowest BCUT2D eigenvalue weighted by molar-refractivity contribution is 0.0397. The molecule has 118 valence electrons. The lowest BCUT2D eigenvalue weighted by Crippen LogP contribution is -2.33. The predicted molar refractivity (Wildman–Crippen MR) is 79.9 cm³/mol. The number of hydrogen-bond donors (Lipinski definition) is 2. The van der Waals surface area contributed by atoms with Gasteiger partial charge in [-0.3, -0.25) is 4.84 Å². The Hall–Kier alpha value is -1.79. The molecule has 0 spiro atoms. The summed E-state index contributed by atoms with van der Waals surface area (Å²) in [6.07, 6.45) is -0.248. The van der Waals surface area contributed by atoms with Crippen molar-refractivity contribution in [3.63, 3.8) is 0 Å². The van der Waals surface area contributed by atoms with Crippen LogP contribution in [0.5, 0.6) is 5.75 Å². The molecule has 0 heterocycles. The van der Waals surface area contributed by atoms with Gasteiger partial charge in [-0.2, -0.15) is 0 Å². The summed E-state index contributed by atoms with van der Waals surface area (Å²) in [6, 6.07) is 7.45. The number of nitrogens with one attached hydrogen (secondary N) is 1. The van der Waals surface area contributed by atoms with Gasteiger partial charge in [-0.25, -0.2) is 10.7 Å². The lowest BCUT2D eigenvalue weighted by atomic mass is 10.1. The molecular formula is C15H24N2O4. The first-order valence-electron chi connectivity index (χ1n) is 6.82. The molecule has 1 atom stereocenters. The maximum absolute atomic E-state index is 11.5. The van der Waals surface area contributed by atoms with Crippen molar-refractivity contribution in [1.29, 1.82) is 0 Å². The summed E-state index contributed by atoms with van der Waals surface area (Å²) in [5.74, 6) is 6.06. The van der Waals surface area contributed by atoms with Crippen LogP contribution in [0.1, 0.15) is 38.9 Å². The Kier molecular flexibility index (Phi) is 6.45. The first kappa shape index (κ1) is 17.3. The molecule has 0 radical (unpaired) electrons. The highest BCUT2D eigenvalue weighted by molar-refractivity contribution is 5.67. The fourth-order valence-corrected chi connectivity index (χ4v) is 1.77. The third-order valence-corrected chi connectivity index (χ3v) is 2.70. The molecule has 1 amide bonds. The zero-order chi connectivity index (χ0) is 15.9. The molecule has 1 aromatic rings. The molecule has 0 saturated carbocycles. The zero-order valence-corrected chi connectivity index (χ0v) is 13.0. The first-order chi connectivity index (χ1) is 9.85. The first-order valence-corrected chi connectivity index (χ1v) is 6.82. The number of hydrogen-bond acceptors (Lipinski definition) is 5. The Balaban J connectivity index is 2.49. The van der Waals surface area contributed by atoms with Crippen LogP contribution in [-0.2, 0) is 9.57 Å². The van der Waals surface area contributed by atoms with Gasteiger partial charge in [0, 0.05) is 6.54 Å². The lowest BCUT2D eigenvalue weighted by Gasteiger charge is -2.20. The Morgan fingerprint density at radius 2 is 2.10 bits per heavy atom. The normalized spacial score (nSPS) is 12.6. The minimum Gasteiger partial charge on any atom is -0.497 e. The van der Waals surface area contributed by atoms with Crippen molar-refractivity contribution in [2.75, 3.05) is 13.7 Å². The van der Waals surface area contributed by atoms with E-state index < -0.39 is 11.7 Å². The molecule has 21 heavy (non-hydrogen) atoms. The van der Waals surface area contributed by atoms with E-state index in [-0.39, 0.29) is 6.10 Å². The number of carbonyl (C=O) groups excluding carboxylic acids is 1. The summed E-state index contributed by atoms with van der Waals surface area (Å²) < 4.78 is 10.3. The molecule has 0 aliphatic heterocycles. The van der Waals surface area contributed by atoms with Crippen LogP contribution in [0.15, 0.2) is 24.3 Å². The Labute approximate surface area is 125 Å². The summed E-state index contributed by atoms with van der Waals surface area (Å²) in [5.41, 5.74) is 0.378. The van der Waals surface area contributed by atoms with Gasteiger partial charge in [0.2, 0.25) is 0 Å². The summed E-state index contributed by atoms with van der Waals surface area (Å²) in [6.45, 7) is 5.84. The number of alkyl carbamates (subject to hydrolysis) is 1. The van der Waals surface area contributed by atoms with Crippen LogP contribution in [0.2, 0.25) is 0 Å². The van der Waals surface area contributed by atoms with Gasteiger partial charge in [0.05, 0.1) is 7.11 Å². The van der Waals surface area contributed by atoms with Gasteiger partial charge in [-0.05, 0) is 44.9 Å². The molecule has 1 unspecified atom stereocenters. The molecule has 0 aliphatic rings. The SMILES string of the molecule is COc1cccc(C(CCNC(=O)OC(C)(C)C)ON)c1. The number of amides is 1. The summed E-state index contributed by atoms with van der Waals surface area (Å²) in [7, 11) is 1.60. The third-order valence-electron chi connectivity index (χ3n) is 2.70. The molecule has 1 rings (SSSR count). The highest BCUT2D eigenvalue weighted by atomic mass is 16.6. The van der Waals surface area contributed by atoms with Crippen LogP contribution < -0.4 is 16.0 Å². The molecule has 6 nitrogen and oxygen atoms in total. The van der Waals surface area contributed by atoms with Crippen LogP contribution >= 0.6 is 0 Å². The predicted octanol–water partition coefficient (Wildman–Crippen LogP) is 2.54. The van der Waals surface area contributed by atoms with E-state index in [1.807, 2.05) is 45.0 Å². The van der Waals surface area contributed by atoms with Crippen molar-refractivity contribution in [3.8, 4) is 5.75 Å². The quantitative estimate of drug-likeness (QED) is 0.788. The second-order valence-electron chi connectivity index (χ2n) is 5.62. The monoisotopic (exact) mass is 296 g/mol. The minimum absolute atomic E-state index is 0.324. The van der Waals surface area contributed by atoms with Crippen LogP contribution in [0.25, 0.3) is 0 Å². The van der Waals surface area contributed by atoms with Gasteiger partial charge in [-0.1, -0.05) is 12.1 Å². The van der Waals surface area contributed by atoms with E-state index in [1.54, 1.807) is 7.11 Å². The number of ether oxygens (including phenoxy) is 2. The van der Waals surface area contributed by atoms with Crippen LogP contribution in [0, 0.1) is 0 Å². The smallest absolute Gasteiger partial charge is 0.407 e. The van der Waals surface area contributed by atoms with Gasteiger partial charge in [0.25, 0.3) is 0 Å². The fraction of sp³-hybridized carbons (Fsp3) is 0.533. The average molecular weight is 296 g/mol. The van der Waals surface area contributed by atoms with Crippen LogP contribution in [0.4, 0.5) is 4.79 Å². The number of rotatable bonds is 6. The van der Waals surface area contributed by atoms with E-state index in [1.165, 1.54) is 0 Å². The molecule has 1 aromatic carbocycles. The van der Waals surface area contributed by atoms with Crippen molar-refractivity contribution >= 4 is 6.09 Å². The molecule has 0 fully saturated rings. The van der Waals surface area contributed by atoms with Gasteiger partial charge in [0.1, 0.15) is 17.5 Å². The van der Waals surface area contributed by atoms with E-state index in [0.717, 1.165) is 11.3 Å². The van der Waals surface area contributed by atoms with E-state index in [2.05, 4.69) is 5.32 Å². The van der Waals surface area contributed by atoms with Crippen molar-refractivity contribution < 1.29 is 19.1 Å².